The number of hydrogen-bond donors (Lipinski definition) is 0. The Labute approximate surface area is 379 Å². The molecule has 0 aliphatic carbocycles. The van der Waals surface area contributed by atoms with Crippen molar-refractivity contribution in [2.75, 3.05) is 0 Å². The van der Waals surface area contributed by atoms with Crippen LogP contribution in [-0.2, 0) is 0 Å². The van der Waals surface area contributed by atoms with E-state index in [9.17, 15) is 0 Å². The summed E-state index contributed by atoms with van der Waals surface area (Å²) in [7, 11) is -2.76. The van der Waals surface area contributed by atoms with E-state index in [4.69, 9.17) is 9.39 Å². The van der Waals surface area contributed by atoms with E-state index in [0.29, 0.717) is 0 Å². The molecule has 2 aliphatic rings. The van der Waals surface area contributed by atoms with Gasteiger partial charge in [0.25, 0.3) is 0 Å². The quantitative estimate of drug-likeness (QED) is 0.118. The first-order chi connectivity index (χ1) is 32.2. The van der Waals surface area contributed by atoms with Crippen molar-refractivity contribution in [3.05, 3.63) is 243 Å². The minimum atomic E-state index is -2.76. The zero-order chi connectivity index (χ0) is 42.9. The van der Waals surface area contributed by atoms with Crippen LogP contribution in [0.5, 0.6) is 17.2 Å². The molecule has 3 nitrogen and oxygen atoms in total. The monoisotopic (exact) mass is 845 g/mol. The molecule has 65 heavy (non-hydrogen) atoms. The maximum absolute atomic E-state index is 7.11. The molecule has 0 fully saturated rings. The van der Waals surface area contributed by atoms with Crippen LogP contribution >= 0.6 is 0 Å². The first-order valence-electron chi connectivity index (χ1n) is 22.3. The molecule has 304 valence electrons. The lowest BCUT2D eigenvalue weighted by Gasteiger charge is -2.35. The van der Waals surface area contributed by atoms with Crippen molar-refractivity contribution in [3.8, 4) is 56.3 Å². The molecule has 5 heteroatoms. The zero-order valence-corrected chi connectivity index (χ0v) is 36.4. The molecule has 0 radical (unpaired) electrons. The number of nitrogens with zero attached hydrogens (tertiary/aromatic N) is 1. The normalized spacial score (nSPS) is 12.5. The third-order valence-electron chi connectivity index (χ3n) is 13.6. The minimum absolute atomic E-state index is 0.314. The number of hydrogen-bond acceptors (Lipinski definition) is 2. The van der Waals surface area contributed by atoms with E-state index in [1.165, 1.54) is 42.6 Å². The third kappa shape index (κ3) is 5.90. The highest BCUT2D eigenvalue weighted by atomic mass is 28.3. The van der Waals surface area contributed by atoms with Gasteiger partial charge in [-0.1, -0.05) is 194 Å². The van der Waals surface area contributed by atoms with Gasteiger partial charge in [-0.2, -0.15) is 0 Å². The predicted octanol–water partition coefficient (Wildman–Crippen LogP) is 10.8. The largest absolute Gasteiger partial charge is 0.551 e. The summed E-state index contributed by atoms with van der Waals surface area (Å²) in [6, 6.07) is 88.4. The Morgan fingerprint density at radius 1 is 0.354 bits per heavy atom. The van der Waals surface area contributed by atoms with Gasteiger partial charge >= 0.3 is 6.92 Å². The van der Waals surface area contributed by atoms with Crippen molar-refractivity contribution in [1.29, 1.82) is 0 Å². The summed E-state index contributed by atoms with van der Waals surface area (Å²) in [4.78, 5) is 0. The Morgan fingerprint density at radius 3 is 1.57 bits per heavy atom. The van der Waals surface area contributed by atoms with Gasteiger partial charge in [-0.05, 0) is 97.1 Å². The summed E-state index contributed by atoms with van der Waals surface area (Å²) in [5.41, 5.74) is 12.3. The third-order valence-corrected chi connectivity index (χ3v) is 18.4. The summed E-state index contributed by atoms with van der Waals surface area (Å²) in [5, 5.41) is 7.87. The highest BCUT2D eigenvalue weighted by Crippen LogP contribution is 2.42. The molecule has 0 bridgehead atoms. The highest BCUT2D eigenvalue weighted by Gasteiger charge is 2.43. The van der Waals surface area contributed by atoms with Gasteiger partial charge in [0.15, 0.2) is 8.07 Å². The van der Waals surface area contributed by atoms with E-state index in [2.05, 4.69) is 247 Å². The SMILES string of the molecule is c1ccc([Si](c2ccccc2)(c2ccccc2)c2cccc(-c3cc4c5c(c3)-c3ccccc3OB5c3ccc(-c5cccc(-n6c7ccccc7c7ccccc76)c5)cc3O4)c2)cc1. The molecular formula is C60H40BNO2Si. The van der Waals surface area contributed by atoms with Crippen LogP contribution in [0, 0.1) is 0 Å². The smallest absolute Gasteiger partial charge is 0.434 e. The lowest BCUT2D eigenvalue weighted by molar-refractivity contribution is 0.480. The average Bonchev–Trinajstić information content (AvgIpc) is 3.72. The fraction of sp³-hybridized carbons (Fsp3) is 0. The minimum Gasteiger partial charge on any atom is -0.551 e. The Hall–Kier alpha value is -8.12. The van der Waals surface area contributed by atoms with Crippen molar-refractivity contribution in [1.82, 2.24) is 4.57 Å². The number of rotatable bonds is 7. The number of para-hydroxylation sites is 3. The van der Waals surface area contributed by atoms with Crippen LogP contribution in [-0.4, -0.2) is 19.6 Å². The van der Waals surface area contributed by atoms with Crippen LogP contribution in [0.4, 0.5) is 0 Å². The number of fused-ring (bicyclic) bond motifs is 7. The maximum Gasteiger partial charge on any atom is 0.434 e. The predicted molar refractivity (Wildman–Crippen MR) is 273 cm³/mol. The van der Waals surface area contributed by atoms with Gasteiger partial charge in [-0.25, -0.2) is 0 Å². The van der Waals surface area contributed by atoms with E-state index in [-0.39, 0.29) is 6.92 Å². The number of aromatic nitrogens is 1. The van der Waals surface area contributed by atoms with Gasteiger partial charge in [0.2, 0.25) is 0 Å². The Kier molecular flexibility index (Phi) is 8.65. The van der Waals surface area contributed by atoms with Gasteiger partial charge < -0.3 is 14.0 Å². The molecule has 0 spiro atoms. The topological polar surface area (TPSA) is 23.4 Å². The molecule has 0 amide bonds. The summed E-state index contributed by atoms with van der Waals surface area (Å²) in [6.45, 7) is -0.314. The second-order valence-corrected chi connectivity index (χ2v) is 20.9. The number of benzene rings is 10. The molecule has 0 saturated carbocycles. The molecule has 2 aliphatic heterocycles. The van der Waals surface area contributed by atoms with Crippen molar-refractivity contribution in [2.24, 2.45) is 0 Å². The van der Waals surface area contributed by atoms with Gasteiger partial charge in [0.1, 0.15) is 17.2 Å². The van der Waals surface area contributed by atoms with E-state index >= 15 is 0 Å². The van der Waals surface area contributed by atoms with Crippen molar-refractivity contribution in [3.63, 3.8) is 0 Å². The van der Waals surface area contributed by atoms with E-state index in [1.807, 2.05) is 0 Å². The lowest BCUT2D eigenvalue weighted by atomic mass is 9.50. The zero-order valence-electron chi connectivity index (χ0n) is 35.4. The molecule has 0 saturated heterocycles. The van der Waals surface area contributed by atoms with Crippen LogP contribution in [0.1, 0.15) is 0 Å². The van der Waals surface area contributed by atoms with Gasteiger partial charge in [-0.15, -0.1) is 0 Å². The Morgan fingerprint density at radius 2 is 0.892 bits per heavy atom. The summed E-state index contributed by atoms with van der Waals surface area (Å²) in [5.74, 6) is 2.51. The van der Waals surface area contributed by atoms with Crippen LogP contribution in [0.3, 0.4) is 0 Å². The molecule has 13 rings (SSSR count). The molecule has 0 N–H and O–H groups in total. The summed E-state index contributed by atoms with van der Waals surface area (Å²) in [6.07, 6.45) is 0. The van der Waals surface area contributed by atoms with Crippen molar-refractivity contribution >= 4 is 68.5 Å². The molecule has 0 atom stereocenters. The van der Waals surface area contributed by atoms with Crippen molar-refractivity contribution < 1.29 is 9.39 Å². The highest BCUT2D eigenvalue weighted by molar-refractivity contribution is 7.19. The molecule has 0 unspecified atom stereocenters. The Balaban J connectivity index is 0.951. The van der Waals surface area contributed by atoms with Gasteiger partial charge in [-0.3, -0.25) is 0 Å². The van der Waals surface area contributed by atoms with Crippen LogP contribution in [0.15, 0.2) is 243 Å². The first kappa shape index (κ1) is 37.4. The summed E-state index contributed by atoms with van der Waals surface area (Å²) >= 11 is 0. The molecular weight excluding hydrogens is 806 g/mol. The standard InChI is InChI=1S/C60H40BNO2Si/c1-4-21-46(22-5-1)65(47-23-6-2-7-24-47,48-25-8-3-9-26-48)49-27-17-19-42(37-49)44-38-53-52-30-12-15-33-57(52)64-61-54-35-34-43(39-58(54)63-59(40-44)60(53)61)41-18-16-20-45(36-41)62-55-31-13-10-28-50(55)51-29-11-14-32-56(51)62/h1-40H. The van der Waals surface area contributed by atoms with E-state index in [0.717, 1.165) is 67.2 Å². The van der Waals surface area contributed by atoms with Crippen LogP contribution in [0.25, 0.3) is 60.9 Å². The van der Waals surface area contributed by atoms with E-state index < -0.39 is 8.07 Å². The average molecular weight is 846 g/mol. The lowest BCUT2D eigenvalue weighted by Crippen LogP contribution is -2.74. The van der Waals surface area contributed by atoms with Crippen LogP contribution in [0.2, 0.25) is 0 Å². The second kappa shape index (κ2) is 15.0. The fourth-order valence-electron chi connectivity index (χ4n) is 10.7. The maximum atomic E-state index is 7.11. The first-order valence-corrected chi connectivity index (χ1v) is 24.3. The number of ether oxygens (including phenoxy) is 1. The molecule has 1 aromatic heterocycles. The second-order valence-electron chi connectivity index (χ2n) is 17.1. The fourth-order valence-corrected chi connectivity index (χ4v) is 15.5. The molecule has 10 aromatic carbocycles. The molecule has 11 aromatic rings. The van der Waals surface area contributed by atoms with Gasteiger partial charge in [0, 0.05) is 32.9 Å². The van der Waals surface area contributed by atoms with Gasteiger partial charge in [0.05, 0.1) is 11.0 Å². The van der Waals surface area contributed by atoms with Crippen molar-refractivity contribution in [2.45, 2.75) is 0 Å². The molecule has 3 heterocycles. The van der Waals surface area contributed by atoms with E-state index in [1.54, 1.807) is 0 Å². The van der Waals surface area contributed by atoms with Crippen LogP contribution < -0.4 is 41.1 Å². The Bertz CT molecular complexity index is 3470. The summed E-state index contributed by atoms with van der Waals surface area (Å²) < 4.78 is 16.4.